The maximum Gasteiger partial charge on any atom is 0.246 e. The lowest BCUT2D eigenvalue weighted by Crippen LogP contribution is -2.26. The highest BCUT2D eigenvalue weighted by atomic mass is 19.1. The quantitative estimate of drug-likeness (QED) is 0.598. The van der Waals surface area contributed by atoms with Crippen LogP contribution in [0.4, 0.5) is 4.39 Å². The van der Waals surface area contributed by atoms with Crippen molar-refractivity contribution >= 4 is 12.0 Å². The standard InChI is InChI=1S/C11H10FNO/c1-7-5-8-3-2-4-11(14)13-10(8)6-9(7)12/h3,5-6H,2,4H2,1H3. The van der Waals surface area contributed by atoms with Crippen LogP contribution in [0.25, 0.3) is 6.08 Å². The molecule has 1 aliphatic rings. The Balaban J connectivity index is 2.79. The average Bonchev–Trinajstić information content (AvgIpc) is 2.28. The molecule has 0 aliphatic carbocycles. The highest BCUT2D eigenvalue weighted by Crippen LogP contribution is 2.00. The molecule has 3 heteroatoms. The van der Waals surface area contributed by atoms with Crippen LogP contribution in [-0.4, -0.2) is 5.91 Å². The lowest BCUT2D eigenvalue weighted by molar-refractivity contribution is -0.117. The van der Waals surface area contributed by atoms with Crippen LogP contribution >= 0.6 is 0 Å². The zero-order chi connectivity index (χ0) is 10.1. The highest BCUT2D eigenvalue weighted by molar-refractivity contribution is 5.78. The number of rotatable bonds is 0. The van der Waals surface area contributed by atoms with Crippen LogP contribution in [-0.2, 0) is 4.79 Å². The molecular weight excluding hydrogens is 181 g/mol. The number of nitrogens with zero attached hydrogens (tertiary/aromatic N) is 1. The van der Waals surface area contributed by atoms with E-state index in [0.29, 0.717) is 23.8 Å². The fourth-order valence-electron chi connectivity index (χ4n) is 1.50. The van der Waals surface area contributed by atoms with Gasteiger partial charge in [0, 0.05) is 12.5 Å². The summed E-state index contributed by atoms with van der Waals surface area (Å²) in [6.45, 7) is 1.70. The summed E-state index contributed by atoms with van der Waals surface area (Å²) >= 11 is 0. The van der Waals surface area contributed by atoms with Crippen LogP contribution in [0.1, 0.15) is 18.4 Å². The van der Waals surface area contributed by atoms with E-state index >= 15 is 0 Å². The van der Waals surface area contributed by atoms with Crippen LogP contribution in [0.2, 0.25) is 0 Å². The van der Waals surface area contributed by atoms with E-state index < -0.39 is 0 Å². The Bertz CT molecular complexity index is 505. The van der Waals surface area contributed by atoms with Crippen molar-refractivity contribution in [3.8, 4) is 0 Å². The Morgan fingerprint density at radius 3 is 3.00 bits per heavy atom. The number of carbonyl (C=O) groups excluding carboxylic acids is 1. The molecule has 2 rings (SSSR count). The first-order valence-corrected chi connectivity index (χ1v) is 4.55. The van der Waals surface area contributed by atoms with Gasteiger partial charge in [0.1, 0.15) is 5.82 Å². The van der Waals surface area contributed by atoms with Crippen molar-refractivity contribution < 1.29 is 9.18 Å². The monoisotopic (exact) mass is 191 g/mol. The van der Waals surface area contributed by atoms with E-state index in [1.165, 1.54) is 6.07 Å². The van der Waals surface area contributed by atoms with Gasteiger partial charge in [-0.1, -0.05) is 6.08 Å². The molecule has 1 aromatic rings. The SMILES string of the molecule is Cc1cc2c(cc1F)=NC(=O)CCC=2. The van der Waals surface area contributed by atoms with E-state index in [2.05, 4.69) is 4.99 Å². The smallest absolute Gasteiger partial charge is 0.246 e. The minimum absolute atomic E-state index is 0.178. The predicted octanol–water partition coefficient (Wildman–Crippen LogP) is 0.855. The van der Waals surface area contributed by atoms with Gasteiger partial charge in [-0.15, -0.1) is 0 Å². The van der Waals surface area contributed by atoms with Crippen LogP contribution in [0.3, 0.4) is 0 Å². The summed E-state index contributed by atoms with van der Waals surface area (Å²) in [7, 11) is 0. The average molecular weight is 191 g/mol. The minimum Gasteiger partial charge on any atom is -0.273 e. The maximum atomic E-state index is 13.2. The third-order valence-electron chi connectivity index (χ3n) is 2.28. The third kappa shape index (κ3) is 1.58. The molecule has 0 atom stereocenters. The Morgan fingerprint density at radius 1 is 1.43 bits per heavy atom. The molecule has 1 amide bonds. The molecule has 0 saturated heterocycles. The number of hydrogen-bond acceptors (Lipinski definition) is 1. The first-order valence-electron chi connectivity index (χ1n) is 4.55. The van der Waals surface area contributed by atoms with Crippen LogP contribution in [0.15, 0.2) is 17.1 Å². The van der Waals surface area contributed by atoms with Gasteiger partial charge >= 0.3 is 0 Å². The molecular formula is C11H10FNO. The molecule has 0 radical (unpaired) electrons. The van der Waals surface area contributed by atoms with Gasteiger partial charge in [0.05, 0.1) is 5.36 Å². The summed E-state index contributed by atoms with van der Waals surface area (Å²) in [5.41, 5.74) is 0.588. The second-order valence-corrected chi connectivity index (χ2v) is 3.41. The van der Waals surface area contributed by atoms with Gasteiger partial charge in [-0.05, 0) is 30.2 Å². The largest absolute Gasteiger partial charge is 0.273 e. The molecule has 0 N–H and O–H groups in total. The molecule has 1 aromatic carbocycles. The highest BCUT2D eigenvalue weighted by Gasteiger charge is 2.04. The normalized spacial score (nSPS) is 15.1. The van der Waals surface area contributed by atoms with E-state index in [0.717, 1.165) is 5.22 Å². The van der Waals surface area contributed by atoms with Crippen molar-refractivity contribution in [3.63, 3.8) is 0 Å². The molecule has 1 aliphatic heterocycles. The molecule has 0 saturated carbocycles. The van der Waals surface area contributed by atoms with E-state index in [1.54, 1.807) is 13.0 Å². The summed E-state index contributed by atoms with van der Waals surface area (Å²) in [5.74, 6) is -0.487. The summed E-state index contributed by atoms with van der Waals surface area (Å²) in [5, 5.41) is 1.31. The summed E-state index contributed by atoms with van der Waals surface area (Å²) in [6.07, 6.45) is 3.02. The van der Waals surface area contributed by atoms with Gasteiger partial charge in [-0.25, -0.2) is 9.38 Å². The van der Waals surface area contributed by atoms with Crippen LogP contribution in [0, 0.1) is 12.7 Å². The molecule has 0 spiro atoms. The number of aryl methyl sites for hydroxylation is 1. The summed E-state index contributed by atoms with van der Waals surface area (Å²) < 4.78 is 13.2. The Hall–Kier alpha value is -1.51. The maximum absolute atomic E-state index is 13.2. The fourth-order valence-corrected chi connectivity index (χ4v) is 1.50. The number of benzene rings is 1. The Kier molecular flexibility index (Phi) is 2.15. The van der Waals surface area contributed by atoms with Crippen molar-refractivity contribution in [2.75, 3.05) is 0 Å². The number of fused-ring (bicyclic) bond motifs is 1. The topological polar surface area (TPSA) is 29.4 Å². The van der Waals surface area contributed by atoms with E-state index in [1.807, 2.05) is 6.08 Å². The van der Waals surface area contributed by atoms with Crippen molar-refractivity contribution in [1.82, 2.24) is 0 Å². The summed E-state index contributed by atoms with van der Waals surface area (Å²) in [6, 6.07) is 3.05. The zero-order valence-electron chi connectivity index (χ0n) is 7.88. The van der Waals surface area contributed by atoms with Crippen molar-refractivity contribution in [2.24, 2.45) is 4.99 Å². The van der Waals surface area contributed by atoms with Gasteiger partial charge in [-0.2, -0.15) is 0 Å². The molecule has 14 heavy (non-hydrogen) atoms. The third-order valence-corrected chi connectivity index (χ3v) is 2.28. The number of amides is 1. The van der Waals surface area contributed by atoms with Crippen LogP contribution < -0.4 is 10.6 Å². The zero-order valence-corrected chi connectivity index (χ0v) is 7.88. The molecule has 1 heterocycles. The number of hydrogen-bond donors (Lipinski definition) is 0. The van der Waals surface area contributed by atoms with Gasteiger partial charge in [0.2, 0.25) is 5.91 Å². The molecule has 0 aromatic heterocycles. The van der Waals surface area contributed by atoms with Crippen molar-refractivity contribution in [2.45, 2.75) is 19.8 Å². The van der Waals surface area contributed by atoms with E-state index in [4.69, 9.17) is 0 Å². The van der Waals surface area contributed by atoms with Crippen LogP contribution in [0.5, 0.6) is 0 Å². The molecule has 0 bridgehead atoms. The first-order chi connectivity index (χ1) is 6.66. The molecule has 0 unspecified atom stereocenters. The van der Waals surface area contributed by atoms with E-state index in [-0.39, 0.29) is 11.7 Å². The predicted molar refractivity (Wildman–Crippen MR) is 50.6 cm³/mol. The van der Waals surface area contributed by atoms with Gasteiger partial charge in [0.25, 0.3) is 0 Å². The van der Waals surface area contributed by atoms with Gasteiger partial charge in [-0.3, -0.25) is 4.79 Å². The first kappa shape index (κ1) is 9.06. The minimum atomic E-state index is -0.310. The van der Waals surface area contributed by atoms with Gasteiger partial charge in [0.15, 0.2) is 0 Å². The van der Waals surface area contributed by atoms with Crippen molar-refractivity contribution in [1.29, 1.82) is 0 Å². The number of halogens is 1. The lowest BCUT2D eigenvalue weighted by atomic mass is 10.1. The summed E-state index contributed by atoms with van der Waals surface area (Å²) in [4.78, 5) is 15.0. The molecule has 2 nitrogen and oxygen atoms in total. The van der Waals surface area contributed by atoms with Gasteiger partial charge < -0.3 is 0 Å². The second-order valence-electron chi connectivity index (χ2n) is 3.41. The van der Waals surface area contributed by atoms with E-state index in [9.17, 15) is 9.18 Å². The fraction of sp³-hybridized carbons (Fsp3) is 0.273. The number of carbonyl (C=O) groups is 1. The Morgan fingerprint density at radius 2 is 2.21 bits per heavy atom. The Labute approximate surface area is 80.8 Å². The molecule has 0 fully saturated rings. The van der Waals surface area contributed by atoms with Crippen molar-refractivity contribution in [3.05, 3.63) is 34.1 Å². The molecule has 72 valence electrons. The second kappa shape index (κ2) is 3.33. The lowest BCUT2D eigenvalue weighted by Gasteiger charge is -1.94.